The van der Waals surface area contributed by atoms with E-state index in [0.717, 1.165) is 51.2 Å². The molecule has 1 saturated heterocycles. The van der Waals surface area contributed by atoms with Crippen LogP contribution in [0.25, 0.3) is 0 Å². The summed E-state index contributed by atoms with van der Waals surface area (Å²) in [5.74, 6) is -0.0280. The van der Waals surface area contributed by atoms with Crippen LogP contribution in [0.5, 0.6) is 0 Å². The van der Waals surface area contributed by atoms with E-state index >= 15 is 0 Å². The Morgan fingerprint density at radius 2 is 1.92 bits per heavy atom. The highest BCUT2D eigenvalue weighted by atomic mass is 28.4. The number of rotatable bonds is 13. The molecular formula is C18H39NO5Si2. The van der Waals surface area contributed by atoms with Crippen molar-refractivity contribution in [2.45, 2.75) is 64.3 Å². The third-order valence-electron chi connectivity index (χ3n) is 4.38. The molecule has 0 aromatic rings. The third kappa shape index (κ3) is 9.94. The van der Waals surface area contributed by atoms with Gasteiger partial charge in [-0.25, -0.2) is 0 Å². The molecule has 0 aromatic carbocycles. The van der Waals surface area contributed by atoms with E-state index in [1.54, 1.807) is 7.11 Å². The summed E-state index contributed by atoms with van der Waals surface area (Å²) in [7, 11) is 0.386. The molecule has 0 aromatic heterocycles. The predicted octanol–water partition coefficient (Wildman–Crippen LogP) is 2.70. The second-order valence-electron chi connectivity index (χ2n) is 6.72. The normalized spacial score (nSPS) is 25.4. The lowest BCUT2D eigenvalue weighted by atomic mass is 10.3. The van der Waals surface area contributed by atoms with Gasteiger partial charge >= 0.3 is 8.56 Å². The van der Waals surface area contributed by atoms with Crippen LogP contribution < -0.4 is 0 Å². The highest BCUT2D eigenvalue weighted by molar-refractivity contribution is 6.66. The van der Waals surface area contributed by atoms with Crippen molar-refractivity contribution >= 4 is 18.1 Å². The van der Waals surface area contributed by atoms with Crippen molar-refractivity contribution in [2.75, 3.05) is 53.2 Å². The Labute approximate surface area is 163 Å². The van der Waals surface area contributed by atoms with Crippen LogP contribution in [0.2, 0.25) is 18.6 Å². The smallest absolute Gasteiger partial charge is 0.335 e. The minimum absolute atomic E-state index is 0.0280. The molecule has 0 amide bonds. The van der Waals surface area contributed by atoms with Gasteiger partial charge in [0.05, 0.1) is 12.7 Å². The molecule has 0 saturated carbocycles. The highest BCUT2D eigenvalue weighted by Gasteiger charge is 2.36. The van der Waals surface area contributed by atoms with Gasteiger partial charge in [-0.3, -0.25) is 0 Å². The maximum absolute atomic E-state index is 6.41. The van der Waals surface area contributed by atoms with Crippen LogP contribution in [-0.2, 0) is 23.1 Å². The lowest BCUT2D eigenvalue weighted by molar-refractivity contribution is -0.0828. The first kappa shape index (κ1) is 24.2. The first-order chi connectivity index (χ1) is 12.6. The van der Waals surface area contributed by atoms with Crippen LogP contribution in [0.15, 0.2) is 0 Å². The zero-order chi connectivity index (χ0) is 19.3. The standard InChI is InChI=1S/C18H39NO5Si2/c1-6-21-18(22-7-2)25-13-9-11-19-12-10-14-26(5,23-8-3)24-17(15-19)16-20-4/h17-18H,6-16H2,1-5H3. The van der Waals surface area contributed by atoms with Gasteiger partial charge in [0.2, 0.25) is 0 Å². The lowest BCUT2D eigenvalue weighted by Gasteiger charge is -2.37. The number of nitrogens with zero attached hydrogens (tertiary/aromatic N) is 1. The fourth-order valence-corrected chi connectivity index (χ4v) is 7.09. The number of methoxy groups -OCH3 is 1. The van der Waals surface area contributed by atoms with Gasteiger partial charge in [0.15, 0.2) is 0 Å². The Morgan fingerprint density at radius 3 is 2.54 bits per heavy atom. The van der Waals surface area contributed by atoms with Crippen LogP contribution in [0.1, 0.15) is 33.6 Å². The summed E-state index contributed by atoms with van der Waals surface area (Å²) in [5, 5.41) is 0. The lowest BCUT2D eigenvalue weighted by Crippen LogP contribution is -2.50. The summed E-state index contributed by atoms with van der Waals surface area (Å²) >= 11 is 0. The summed E-state index contributed by atoms with van der Waals surface area (Å²) in [6.45, 7) is 14.2. The molecular weight excluding hydrogens is 366 g/mol. The third-order valence-corrected chi connectivity index (χ3v) is 8.69. The Hall–Kier alpha value is 0.194. The maximum atomic E-state index is 6.41. The number of ether oxygens (including phenoxy) is 3. The van der Waals surface area contributed by atoms with Crippen LogP contribution in [0.3, 0.4) is 0 Å². The molecule has 0 bridgehead atoms. The molecule has 1 heterocycles. The molecule has 26 heavy (non-hydrogen) atoms. The van der Waals surface area contributed by atoms with Crippen molar-refractivity contribution in [2.24, 2.45) is 0 Å². The van der Waals surface area contributed by atoms with Gasteiger partial charge in [-0.1, -0.05) is 6.04 Å². The fourth-order valence-electron chi connectivity index (χ4n) is 3.33. The van der Waals surface area contributed by atoms with Crippen molar-refractivity contribution in [3.8, 4) is 0 Å². The second kappa shape index (κ2) is 14.2. The van der Waals surface area contributed by atoms with Gasteiger partial charge in [-0.05, 0) is 59.3 Å². The van der Waals surface area contributed by atoms with E-state index in [0.29, 0.717) is 29.3 Å². The van der Waals surface area contributed by atoms with Gasteiger partial charge in [-0.2, -0.15) is 0 Å². The van der Waals surface area contributed by atoms with E-state index in [9.17, 15) is 0 Å². The molecule has 154 valence electrons. The molecule has 8 heteroatoms. The molecule has 6 nitrogen and oxygen atoms in total. The van der Waals surface area contributed by atoms with Crippen molar-refractivity contribution in [1.29, 1.82) is 0 Å². The van der Waals surface area contributed by atoms with Gasteiger partial charge in [-0.15, -0.1) is 0 Å². The first-order valence-electron chi connectivity index (χ1n) is 10.1. The molecule has 1 aliphatic heterocycles. The van der Waals surface area contributed by atoms with Crippen LogP contribution >= 0.6 is 0 Å². The number of hydrogen-bond donors (Lipinski definition) is 0. The largest absolute Gasteiger partial charge is 0.395 e. The molecule has 2 radical (unpaired) electrons. The average Bonchev–Trinajstić information content (AvgIpc) is 2.57. The summed E-state index contributed by atoms with van der Waals surface area (Å²) in [6, 6.07) is 2.19. The minimum atomic E-state index is -2.06. The molecule has 1 fully saturated rings. The second-order valence-corrected chi connectivity index (χ2v) is 11.4. The summed E-state index contributed by atoms with van der Waals surface area (Å²) in [6.07, 6.45) is 2.41. The van der Waals surface area contributed by atoms with Gasteiger partial charge in [0.1, 0.15) is 15.4 Å². The zero-order valence-electron chi connectivity index (χ0n) is 17.4. The van der Waals surface area contributed by atoms with E-state index in [2.05, 4.69) is 18.4 Å². The Bertz CT molecular complexity index is 348. The van der Waals surface area contributed by atoms with Crippen LogP contribution in [0, 0.1) is 0 Å². The summed E-state index contributed by atoms with van der Waals surface area (Å²) in [5.41, 5.74) is 0. The molecule has 0 N–H and O–H groups in total. The SMILES string of the molecule is CCOC(OCC)[Si]CCCN1CCC[Si](C)(OCC)OC(COC)C1. The monoisotopic (exact) mass is 405 g/mol. The molecule has 0 aliphatic carbocycles. The fraction of sp³-hybridized carbons (Fsp3) is 1.00. The van der Waals surface area contributed by atoms with Crippen molar-refractivity contribution in [1.82, 2.24) is 4.90 Å². The van der Waals surface area contributed by atoms with Crippen molar-refractivity contribution in [3.05, 3.63) is 0 Å². The van der Waals surface area contributed by atoms with Crippen molar-refractivity contribution < 1.29 is 23.1 Å². The Kier molecular flexibility index (Phi) is 13.3. The molecule has 0 spiro atoms. The van der Waals surface area contributed by atoms with E-state index in [1.807, 2.05) is 13.8 Å². The molecule has 1 rings (SSSR count). The maximum Gasteiger partial charge on any atom is 0.335 e. The van der Waals surface area contributed by atoms with Gasteiger partial charge < -0.3 is 28.0 Å². The van der Waals surface area contributed by atoms with Gasteiger partial charge in [0, 0.05) is 33.5 Å². The molecule has 2 atom stereocenters. The van der Waals surface area contributed by atoms with E-state index in [1.165, 1.54) is 0 Å². The Morgan fingerprint density at radius 1 is 1.19 bits per heavy atom. The van der Waals surface area contributed by atoms with Crippen molar-refractivity contribution in [3.63, 3.8) is 0 Å². The summed E-state index contributed by atoms with van der Waals surface area (Å²) < 4.78 is 29.1. The van der Waals surface area contributed by atoms with E-state index < -0.39 is 8.56 Å². The van der Waals surface area contributed by atoms with Gasteiger partial charge in [0.25, 0.3) is 0 Å². The zero-order valence-corrected chi connectivity index (χ0v) is 19.4. The van der Waals surface area contributed by atoms with E-state index in [-0.39, 0.29) is 12.0 Å². The number of hydrogen-bond acceptors (Lipinski definition) is 6. The van der Waals surface area contributed by atoms with Crippen LogP contribution in [0.4, 0.5) is 0 Å². The molecule has 1 aliphatic rings. The predicted molar refractivity (Wildman–Crippen MR) is 108 cm³/mol. The first-order valence-corrected chi connectivity index (χ1v) is 13.9. The average molecular weight is 406 g/mol. The minimum Gasteiger partial charge on any atom is -0.395 e. The summed E-state index contributed by atoms with van der Waals surface area (Å²) in [4.78, 5) is 2.52. The van der Waals surface area contributed by atoms with E-state index in [4.69, 9.17) is 23.1 Å². The quantitative estimate of drug-likeness (QED) is 0.267. The molecule has 2 unspecified atom stereocenters. The van der Waals surface area contributed by atoms with Crippen LogP contribution in [-0.4, -0.2) is 88.2 Å². The Balaban J connectivity index is 2.42. The topological polar surface area (TPSA) is 49.4 Å². The highest BCUT2D eigenvalue weighted by Crippen LogP contribution is 2.22.